The lowest BCUT2D eigenvalue weighted by Crippen LogP contribution is -2.42. The average Bonchev–Trinajstić information content (AvgIpc) is 3.01. The van der Waals surface area contributed by atoms with E-state index in [0.717, 1.165) is 31.9 Å². The van der Waals surface area contributed by atoms with E-state index in [2.05, 4.69) is 41.1 Å². The van der Waals surface area contributed by atoms with Crippen LogP contribution in [0.1, 0.15) is 33.1 Å². The molecular weight excluding hydrogens is 286 g/mol. The number of rotatable bonds is 4. The molecule has 0 aliphatic carbocycles. The Morgan fingerprint density at radius 2 is 1.70 bits per heavy atom. The molecule has 2 saturated heterocycles. The normalized spacial score (nSPS) is 25.6. The summed E-state index contributed by atoms with van der Waals surface area (Å²) in [5, 5.41) is 3.04. The summed E-state index contributed by atoms with van der Waals surface area (Å²) < 4.78 is 0. The predicted octanol–water partition coefficient (Wildman–Crippen LogP) is 3.20. The molecule has 0 aromatic heterocycles. The van der Waals surface area contributed by atoms with E-state index in [-0.39, 0.29) is 5.91 Å². The molecule has 3 rings (SSSR count). The van der Waals surface area contributed by atoms with Crippen LogP contribution in [0.25, 0.3) is 0 Å². The molecular formula is C19H29N3O. The average molecular weight is 315 g/mol. The van der Waals surface area contributed by atoms with E-state index in [0.29, 0.717) is 18.4 Å². The number of nitrogens with one attached hydrogen (secondary N) is 1. The van der Waals surface area contributed by atoms with Crippen LogP contribution in [0.15, 0.2) is 24.3 Å². The molecule has 4 heteroatoms. The van der Waals surface area contributed by atoms with Crippen LogP contribution in [0, 0.1) is 11.8 Å². The highest BCUT2D eigenvalue weighted by Gasteiger charge is 2.23. The Hall–Kier alpha value is -1.55. The Bertz CT molecular complexity index is 512. The van der Waals surface area contributed by atoms with Gasteiger partial charge in [0, 0.05) is 37.6 Å². The van der Waals surface area contributed by atoms with Crippen LogP contribution in [-0.4, -0.2) is 43.5 Å². The highest BCUT2D eigenvalue weighted by atomic mass is 16.2. The first-order valence-corrected chi connectivity index (χ1v) is 8.97. The van der Waals surface area contributed by atoms with Crippen molar-refractivity contribution in [2.75, 3.05) is 42.9 Å². The second kappa shape index (κ2) is 7.35. The summed E-state index contributed by atoms with van der Waals surface area (Å²) in [6, 6.07) is 8.28. The third kappa shape index (κ3) is 4.47. The Balaban J connectivity index is 1.51. The largest absolute Gasteiger partial charge is 0.372 e. The maximum absolute atomic E-state index is 12.3. The van der Waals surface area contributed by atoms with E-state index in [1.165, 1.54) is 24.9 Å². The Morgan fingerprint density at radius 3 is 2.30 bits per heavy atom. The molecule has 2 fully saturated rings. The van der Waals surface area contributed by atoms with Crippen LogP contribution >= 0.6 is 0 Å². The molecule has 1 amide bonds. The molecule has 2 atom stereocenters. The molecule has 2 heterocycles. The van der Waals surface area contributed by atoms with Gasteiger partial charge in [0.1, 0.15) is 0 Å². The van der Waals surface area contributed by atoms with Gasteiger partial charge < -0.3 is 10.2 Å². The minimum atomic E-state index is 0.0974. The number of likely N-dealkylation sites (tertiary alicyclic amines) is 1. The van der Waals surface area contributed by atoms with Crippen molar-refractivity contribution < 1.29 is 4.79 Å². The smallest absolute Gasteiger partial charge is 0.238 e. The first kappa shape index (κ1) is 16.3. The van der Waals surface area contributed by atoms with Crippen LogP contribution in [0.2, 0.25) is 0 Å². The molecule has 23 heavy (non-hydrogen) atoms. The van der Waals surface area contributed by atoms with Gasteiger partial charge in [-0.2, -0.15) is 0 Å². The standard InChI is InChI=1S/C19H29N3O/c1-15-11-16(2)13-21(12-15)14-19(23)20-17-5-7-18(8-6-17)22-9-3-4-10-22/h5-8,15-16H,3-4,9-14H2,1-2H3,(H,20,23)/t15-,16-/m0/s1. The maximum atomic E-state index is 12.3. The molecule has 0 spiro atoms. The zero-order chi connectivity index (χ0) is 16.2. The van der Waals surface area contributed by atoms with Gasteiger partial charge in [0.25, 0.3) is 0 Å². The SMILES string of the molecule is C[C@H]1C[C@H](C)CN(CC(=O)Nc2ccc(N3CCCC3)cc2)C1. The van der Waals surface area contributed by atoms with Gasteiger partial charge in [-0.3, -0.25) is 9.69 Å². The highest BCUT2D eigenvalue weighted by molar-refractivity contribution is 5.92. The van der Waals surface area contributed by atoms with Gasteiger partial charge in [0.2, 0.25) is 5.91 Å². The Labute approximate surface area is 139 Å². The molecule has 0 unspecified atom stereocenters. The third-order valence-corrected chi connectivity index (χ3v) is 4.93. The summed E-state index contributed by atoms with van der Waals surface area (Å²) in [6.07, 6.45) is 3.84. The predicted molar refractivity (Wildman–Crippen MR) is 95.9 cm³/mol. The lowest BCUT2D eigenvalue weighted by atomic mass is 9.92. The molecule has 1 aromatic carbocycles. The fourth-order valence-electron chi connectivity index (χ4n) is 4.06. The van der Waals surface area contributed by atoms with E-state index >= 15 is 0 Å². The minimum Gasteiger partial charge on any atom is -0.372 e. The molecule has 0 bridgehead atoms. The molecule has 126 valence electrons. The summed E-state index contributed by atoms with van der Waals surface area (Å²) in [5.74, 6) is 1.47. The minimum absolute atomic E-state index is 0.0974. The molecule has 1 aromatic rings. The van der Waals surface area contributed by atoms with Crippen molar-refractivity contribution in [1.82, 2.24) is 4.90 Å². The molecule has 1 N–H and O–H groups in total. The van der Waals surface area contributed by atoms with Gasteiger partial charge in [0.05, 0.1) is 6.54 Å². The lowest BCUT2D eigenvalue weighted by Gasteiger charge is -2.34. The number of piperidine rings is 1. The van der Waals surface area contributed by atoms with E-state index in [1.807, 2.05) is 12.1 Å². The molecule has 2 aliphatic heterocycles. The highest BCUT2D eigenvalue weighted by Crippen LogP contribution is 2.23. The van der Waals surface area contributed by atoms with Crippen molar-refractivity contribution in [3.63, 3.8) is 0 Å². The third-order valence-electron chi connectivity index (χ3n) is 4.93. The summed E-state index contributed by atoms with van der Waals surface area (Å²) in [5.41, 5.74) is 2.16. The van der Waals surface area contributed by atoms with Crippen molar-refractivity contribution in [3.8, 4) is 0 Å². The second-order valence-electron chi connectivity index (χ2n) is 7.43. The van der Waals surface area contributed by atoms with Crippen molar-refractivity contribution in [3.05, 3.63) is 24.3 Å². The van der Waals surface area contributed by atoms with Crippen molar-refractivity contribution in [1.29, 1.82) is 0 Å². The van der Waals surface area contributed by atoms with Crippen LogP contribution in [0.3, 0.4) is 0 Å². The van der Waals surface area contributed by atoms with Crippen molar-refractivity contribution in [2.45, 2.75) is 33.1 Å². The van der Waals surface area contributed by atoms with Crippen LogP contribution in [0.4, 0.5) is 11.4 Å². The van der Waals surface area contributed by atoms with Gasteiger partial charge in [-0.05, 0) is 55.4 Å². The number of nitrogens with zero attached hydrogens (tertiary/aromatic N) is 2. The number of carbonyl (C=O) groups is 1. The fraction of sp³-hybridized carbons (Fsp3) is 0.632. The van der Waals surface area contributed by atoms with Gasteiger partial charge in [-0.25, -0.2) is 0 Å². The first-order valence-electron chi connectivity index (χ1n) is 8.97. The zero-order valence-electron chi connectivity index (χ0n) is 14.4. The Morgan fingerprint density at radius 1 is 1.09 bits per heavy atom. The number of benzene rings is 1. The van der Waals surface area contributed by atoms with Gasteiger partial charge >= 0.3 is 0 Å². The summed E-state index contributed by atoms with van der Waals surface area (Å²) >= 11 is 0. The summed E-state index contributed by atoms with van der Waals surface area (Å²) in [7, 11) is 0. The molecule has 2 aliphatic rings. The number of carbonyl (C=O) groups excluding carboxylic acids is 1. The summed E-state index contributed by atoms with van der Waals surface area (Å²) in [6.45, 7) is 9.42. The van der Waals surface area contributed by atoms with Crippen LogP contribution in [-0.2, 0) is 4.79 Å². The molecule has 0 radical (unpaired) electrons. The first-order chi connectivity index (χ1) is 11.1. The Kier molecular flexibility index (Phi) is 5.21. The maximum Gasteiger partial charge on any atom is 0.238 e. The topological polar surface area (TPSA) is 35.6 Å². The van der Waals surface area contributed by atoms with Gasteiger partial charge in [0.15, 0.2) is 0 Å². The van der Waals surface area contributed by atoms with E-state index in [4.69, 9.17) is 0 Å². The van der Waals surface area contributed by atoms with Gasteiger partial charge in [-0.1, -0.05) is 13.8 Å². The number of amides is 1. The van der Waals surface area contributed by atoms with E-state index in [9.17, 15) is 4.79 Å². The number of hydrogen-bond donors (Lipinski definition) is 1. The van der Waals surface area contributed by atoms with E-state index in [1.54, 1.807) is 0 Å². The quantitative estimate of drug-likeness (QED) is 0.927. The second-order valence-corrected chi connectivity index (χ2v) is 7.43. The molecule has 4 nitrogen and oxygen atoms in total. The van der Waals surface area contributed by atoms with Gasteiger partial charge in [-0.15, -0.1) is 0 Å². The number of hydrogen-bond acceptors (Lipinski definition) is 3. The van der Waals surface area contributed by atoms with Crippen LogP contribution in [0.5, 0.6) is 0 Å². The number of anilines is 2. The molecule has 0 saturated carbocycles. The van der Waals surface area contributed by atoms with Crippen LogP contribution < -0.4 is 10.2 Å². The van der Waals surface area contributed by atoms with Crippen molar-refractivity contribution >= 4 is 17.3 Å². The fourth-order valence-corrected chi connectivity index (χ4v) is 4.06. The van der Waals surface area contributed by atoms with Crippen molar-refractivity contribution in [2.24, 2.45) is 11.8 Å². The lowest BCUT2D eigenvalue weighted by molar-refractivity contribution is -0.117. The summed E-state index contributed by atoms with van der Waals surface area (Å²) in [4.78, 5) is 17.0. The zero-order valence-corrected chi connectivity index (χ0v) is 14.4. The van der Waals surface area contributed by atoms with E-state index < -0.39 is 0 Å². The monoisotopic (exact) mass is 315 g/mol.